The number of imidazole rings is 1. The van der Waals surface area contributed by atoms with Gasteiger partial charge in [-0.25, -0.2) is 4.98 Å². The summed E-state index contributed by atoms with van der Waals surface area (Å²) in [5.41, 5.74) is 3.54. The number of nitrogens with zero attached hydrogens (tertiary/aromatic N) is 2. The summed E-state index contributed by atoms with van der Waals surface area (Å²) in [6.45, 7) is 2.83. The Labute approximate surface area is 118 Å². The maximum atomic E-state index is 11.1. The molecule has 0 amide bonds. The molecule has 1 unspecified atom stereocenters. The third-order valence-corrected chi connectivity index (χ3v) is 4.01. The van der Waals surface area contributed by atoms with Crippen molar-refractivity contribution >= 4 is 5.97 Å². The van der Waals surface area contributed by atoms with Crippen molar-refractivity contribution in [2.75, 3.05) is 0 Å². The van der Waals surface area contributed by atoms with Crippen molar-refractivity contribution in [3.8, 4) is 0 Å². The Morgan fingerprint density at radius 3 is 2.85 bits per heavy atom. The van der Waals surface area contributed by atoms with Crippen LogP contribution < -0.4 is 0 Å². The molecular weight excluding hydrogens is 252 g/mol. The third kappa shape index (κ3) is 2.46. The molecule has 1 aromatic carbocycles. The molecule has 2 heterocycles. The van der Waals surface area contributed by atoms with Crippen LogP contribution in [0.3, 0.4) is 0 Å². The summed E-state index contributed by atoms with van der Waals surface area (Å²) >= 11 is 0. The van der Waals surface area contributed by atoms with E-state index < -0.39 is 5.97 Å². The zero-order valence-corrected chi connectivity index (χ0v) is 11.5. The van der Waals surface area contributed by atoms with Crippen LogP contribution in [0.15, 0.2) is 30.5 Å². The number of hydrogen-bond acceptors (Lipinski definition) is 2. The zero-order chi connectivity index (χ0) is 14.1. The van der Waals surface area contributed by atoms with Crippen molar-refractivity contribution in [2.24, 2.45) is 5.92 Å². The Bertz CT molecular complexity index is 628. The van der Waals surface area contributed by atoms with Crippen molar-refractivity contribution in [3.63, 3.8) is 0 Å². The van der Waals surface area contributed by atoms with Gasteiger partial charge in [0.2, 0.25) is 0 Å². The molecule has 0 spiro atoms. The van der Waals surface area contributed by atoms with Gasteiger partial charge in [0.25, 0.3) is 0 Å². The fraction of sp³-hybridized carbons (Fsp3) is 0.375. The summed E-state index contributed by atoms with van der Waals surface area (Å²) in [4.78, 5) is 15.5. The van der Waals surface area contributed by atoms with E-state index in [9.17, 15) is 4.79 Å². The first kappa shape index (κ1) is 12.9. The van der Waals surface area contributed by atoms with E-state index in [-0.39, 0.29) is 5.92 Å². The first-order valence-electron chi connectivity index (χ1n) is 6.95. The maximum absolute atomic E-state index is 11.1. The lowest BCUT2D eigenvalue weighted by atomic mass is 9.96. The van der Waals surface area contributed by atoms with Gasteiger partial charge in [0.15, 0.2) is 0 Å². The number of aliphatic carboxylic acids is 1. The molecule has 0 bridgehead atoms. The molecule has 0 saturated carbocycles. The van der Waals surface area contributed by atoms with Crippen molar-refractivity contribution < 1.29 is 9.90 Å². The highest BCUT2D eigenvalue weighted by Crippen LogP contribution is 2.23. The molecule has 3 rings (SSSR count). The van der Waals surface area contributed by atoms with Crippen molar-refractivity contribution in [1.29, 1.82) is 0 Å². The largest absolute Gasteiger partial charge is 0.481 e. The van der Waals surface area contributed by atoms with Gasteiger partial charge in [-0.1, -0.05) is 29.8 Å². The van der Waals surface area contributed by atoms with Gasteiger partial charge < -0.3 is 9.67 Å². The maximum Gasteiger partial charge on any atom is 0.306 e. The predicted octanol–water partition coefficient (Wildman–Crippen LogP) is 2.43. The number of rotatable bonds is 3. The molecule has 1 atom stereocenters. The molecule has 1 aromatic heterocycles. The molecule has 104 valence electrons. The topological polar surface area (TPSA) is 55.1 Å². The second-order valence-electron chi connectivity index (χ2n) is 5.51. The minimum absolute atomic E-state index is 0.258. The number of carboxylic acids is 1. The van der Waals surface area contributed by atoms with Gasteiger partial charge in [-0.3, -0.25) is 4.79 Å². The van der Waals surface area contributed by atoms with Crippen molar-refractivity contribution in [2.45, 2.75) is 32.7 Å². The molecule has 1 aliphatic heterocycles. The second-order valence-corrected chi connectivity index (χ2v) is 5.51. The number of hydrogen-bond donors (Lipinski definition) is 1. The van der Waals surface area contributed by atoms with Crippen LogP contribution in [-0.2, 0) is 24.2 Å². The molecule has 0 saturated heterocycles. The molecule has 1 N–H and O–H groups in total. The van der Waals surface area contributed by atoms with Crippen LogP contribution >= 0.6 is 0 Å². The normalized spacial score (nSPS) is 17.8. The van der Waals surface area contributed by atoms with E-state index in [2.05, 4.69) is 40.7 Å². The van der Waals surface area contributed by atoms with Crippen LogP contribution in [0.5, 0.6) is 0 Å². The van der Waals surface area contributed by atoms with Gasteiger partial charge in [0.1, 0.15) is 5.82 Å². The van der Waals surface area contributed by atoms with Gasteiger partial charge in [-0.15, -0.1) is 0 Å². The minimum Gasteiger partial charge on any atom is -0.481 e. The number of carboxylic acid groups (broad SMARTS) is 1. The Balaban J connectivity index is 1.80. The highest BCUT2D eigenvalue weighted by atomic mass is 16.4. The summed E-state index contributed by atoms with van der Waals surface area (Å²) in [5, 5.41) is 9.10. The highest BCUT2D eigenvalue weighted by Gasteiger charge is 2.26. The van der Waals surface area contributed by atoms with Gasteiger partial charge in [-0.05, 0) is 18.9 Å². The standard InChI is InChI=1S/C16H18N2O2/c1-11-2-4-12(5-3-11)8-15-17-10-14-9-13(16(19)20)6-7-18(14)15/h2-5,10,13H,6-9H2,1H3,(H,19,20). The Kier molecular flexibility index (Phi) is 3.30. The summed E-state index contributed by atoms with van der Waals surface area (Å²) in [5.74, 6) is 0.0802. The van der Waals surface area contributed by atoms with Crippen molar-refractivity contribution in [1.82, 2.24) is 9.55 Å². The number of benzene rings is 1. The van der Waals surface area contributed by atoms with Crippen LogP contribution in [0.4, 0.5) is 0 Å². The summed E-state index contributed by atoms with van der Waals surface area (Å²) < 4.78 is 2.18. The van der Waals surface area contributed by atoms with Crippen LogP contribution in [0.2, 0.25) is 0 Å². The van der Waals surface area contributed by atoms with E-state index in [1.54, 1.807) is 0 Å². The average molecular weight is 270 g/mol. The van der Waals surface area contributed by atoms with Crippen LogP contribution in [0.1, 0.15) is 29.1 Å². The Hall–Kier alpha value is -2.10. The third-order valence-electron chi connectivity index (χ3n) is 4.01. The number of aryl methyl sites for hydroxylation is 1. The zero-order valence-electron chi connectivity index (χ0n) is 11.5. The minimum atomic E-state index is -0.697. The molecule has 2 aromatic rings. The highest BCUT2D eigenvalue weighted by molar-refractivity contribution is 5.70. The van der Waals surface area contributed by atoms with Gasteiger partial charge >= 0.3 is 5.97 Å². The first-order chi connectivity index (χ1) is 9.63. The SMILES string of the molecule is Cc1ccc(Cc2ncc3n2CCC(C(=O)O)C3)cc1. The number of aromatic nitrogens is 2. The fourth-order valence-corrected chi connectivity index (χ4v) is 2.77. The smallest absolute Gasteiger partial charge is 0.306 e. The lowest BCUT2D eigenvalue weighted by Gasteiger charge is -2.22. The van der Waals surface area contributed by atoms with Crippen LogP contribution in [-0.4, -0.2) is 20.6 Å². The molecule has 4 nitrogen and oxygen atoms in total. The first-order valence-corrected chi connectivity index (χ1v) is 6.95. The van der Waals surface area contributed by atoms with E-state index in [0.717, 1.165) is 24.5 Å². The quantitative estimate of drug-likeness (QED) is 0.932. The van der Waals surface area contributed by atoms with E-state index in [0.29, 0.717) is 12.8 Å². The van der Waals surface area contributed by atoms with E-state index in [4.69, 9.17) is 5.11 Å². The predicted molar refractivity (Wildman–Crippen MR) is 75.7 cm³/mol. The van der Waals surface area contributed by atoms with Gasteiger partial charge in [0.05, 0.1) is 5.92 Å². The molecule has 0 aliphatic carbocycles. The molecule has 0 fully saturated rings. The average Bonchev–Trinajstić information content (AvgIpc) is 2.84. The fourth-order valence-electron chi connectivity index (χ4n) is 2.77. The monoisotopic (exact) mass is 270 g/mol. The van der Waals surface area contributed by atoms with E-state index in [1.165, 1.54) is 11.1 Å². The van der Waals surface area contributed by atoms with E-state index >= 15 is 0 Å². The number of fused-ring (bicyclic) bond motifs is 1. The lowest BCUT2D eigenvalue weighted by Crippen LogP contribution is -2.26. The van der Waals surface area contributed by atoms with Gasteiger partial charge in [-0.2, -0.15) is 0 Å². The van der Waals surface area contributed by atoms with Crippen LogP contribution in [0, 0.1) is 12.8 Å². The van der Waals surface area contributed by atoms with Gasteiger partial charge in [0, 0.05) is 31.3 Å². The molecular formula is C16H18N2O2. The van der Waals surface area contributed by atoms with Crippen molar-refractivity contribution in [3.05, 3.63) is 53.1 Å². The lowest BCUT2D eigenvalue weighted by molar-refractivity contribution is -0.142. The van der Waals surface area contributed by atoms with E-state index in [1.807, 2.05) is 6.20 Å². The summed E-state index contributed by atoms with van der Waals surface area (Å²) in [6.07, 6.45) is 3.92. The molecule has 1 aliphatic rings. The summed E-state index contributed by atoms with van der Waals surface area (Å²) in [7, 11) is 0. The van der Waals surface area contributed by atoms with Crippen LogP contribution in [0.25, 0.3) is 0 Å². The Morgan fingerprint density at radius 1 is 1.40 bits per heavy atom. The second kappa shape index (κ2) is 5.12. The number of carbonyl (C=O) groups is 1. The molecule has 0 radical (unpaired) electrons. The molecule has 20 heavy (non-hydrogen) atoms. The summed E-state index contributed by atoms with van der Waals surface area (Å²) in [6, 6.07) is 8.46. The Morgan fingerprint density at radius 2 is 2.15 bits per heavy atom. The molecule has 4 heteroatoms.